The summed E-state index contributed by atoms with van der Waals surface area (Å²) in [4.78, 5) is 4.96. The van der Waals surface area contributed by atoms with Gasteiger partial charge in [-0.1, -0.05) is 26.2 Å². The van der Waals surface area contributed by atoms with E-state index >= 15 is 0 Å². The van der Waals surface area contributed by atoms with E-state index in [2.05, 4.69) is 56.2 Å². The second-order valence-electron chi connectivity index (χ2n) is 5.01. The van der Waals surface area contributed by atoms with Gasteiger partial charge in [0.2, 0.25) is 0 Å². The Labute approximate surface area is 114 Å². The normalized spacial score (nSPS) is 10.3. The van der Waals surface area contributed by atoms with Crippen LogP contribution in [0.3, 0.4) is 0 Å². The molecule has 0 atom stereocenters. The van der Waals surface area contributed by atoms with Crippen molar-refractivity contribution in [3.63, 3.8) is 0 Å². The van der Waals surface area contributed by atoms with E-state index in [4.69, 9.17) is 0 Å². The number of hydrogen-bond acceptors (Lipinski definition) is 0. The Kier molecular flexibility index (Phi) is 9.80. The first-order valence-corrected chi connectivity index (χ1v) is 7.66. The first-order valence-electron chi connectivity index (χ1n) is 7.66. The fourth-order valence-electron chi connectivity index (χ4n) is 2.40. The van der Waals surface area contributed by atoms with Crippen LogP contribution in [0.4, 0.5) is 0 Å². The Balaban J connectivity index is 4.59. The molecule has 0 rings (SSSR count). The predicted molar refractivity (Wildman–Crippen MR) is 81.4 cm³/mol. The van der Waals surface area contributed by atoms with E-state index in [1.165, 1.54) is 38.2 Å². The van der Waals surface area contributed by atoms with Crippen LogP contribution in [-0.4, -0.2) is 60.6 Å². The third kappa shape index (κ3) is 5.74. The van der Waals surface area contributed by atoms with Crippen molar-refractivity contribution < 1.29 is 4.58 Å². The maximum atomic E-state index is 2.52. The molecule has 0 N–H and O–H groups in total. The summed E-state index contributed by atoms with van der Waals surface area (Å²) >= 11 is 0. The lowest BCUT2D eigenvalue weighted by Crippen LogP contribution is -2.48. The second-order valence-corrected chi connectivity index (χ2v) is 5.01. The zero-order valence-corrected chi connectivity index (χ0v) is 13.5. The summed E-state index contributed by atoms with van der Waals surface area (Å²) in [6.07, 6.45) is 5.33. The van der Waals surface area contributed by atoms with Crippen molar-refractivity contribution in [1.82, 2.24) is 9.80 Å². The number of unbranched alkanes of at least 4 members (excludes halogenated alkanes) is 3. The Morgan fingerprint density at radius 2 is 1.33 bits per heavy atom. The Morgan fingerprint density at radius 1 is 0.778 bits per heavy atom. The quantitative estimate of drug-likeness (QED) is 0.286. The lowest BCUT2D eigenvalue weighted by molar-refractivity contribution is -0.476. The van der Waals surface area contributed by atoms with Crippen molar-refractivity contribution in [3.8, 4) is 0 Å². The van der Waals surface area contributed by atoms with Crippen molar-refractivity contribution in [2.75, 3.05) is 40.3 Å². The molecule has 0 unspecified atom stereocenters. The Morgan fingerprint density at radius 3 is 1.72 bits per heavy atom. The Bertz CT molecular complexity index is 228. The molecule has 0 fully saturated rings. The summed E-state index contributed by atoms with van der Waals surface area (Å²) in [6.45, 7) is 13.4. The van der Waals surface area contributed by atoms with E-state index in [-0.39, 0.29) is 0 Å². The summed E-state index contributed by atoms with van der Waals surface area (Å²) in [5, 5.41) is 0. The molecule has 0 spiro atoms. The molecule has 0 aliphatic heterocycles. The molecule has 0 aliphatic carbocycles. The Hall–Kier alpha value is -0.730. The van der Waals surface area contributed by atoms with Crippen LogP contribution >= 0.6 is 0 Å². The standard InChI is InChI=1S/C15H34N3/c1-7-11-12-13-14-18(10-4)15(16(5)6)17(8-2)9-3/h7-14H2,1-6H3/q+1. The second kappa shape index (κ2) is 10.2. The van der Waals surface area contributed by atoms with Crippen LogP contribution in [0.25, 0.3) is 0 Å². The molecule has 0 aromatic rings. The van der Waals surface area contributed by atoms with Gasteiger partial charge in [-0.2, -0.15) is 0 Å². The van der Waals surface area contributed by atoms with Gasteiger partial charge in [-0.25, -0.2) is 0 Å². The highest BCUT2D eigenvalue weighted by Gasteiger charge is 2.23. The summed E-state index contributed by atoms with van der Waals surface area (Å²) in [5.74, 6) is 1.37. The van der Waals surface area contributed by atoms with Crippen LogP contribution in [0.5, 0.6) is 0 Å². The molecule has 3 nitrogen and oxygen atoms in total. The van der Waals surface area contributed by atoms with Gasteiger partial charge in [-0.15, -0.1) is 0 Å². The molecule has 0 radical (unpaired) electrons. The monoisotopic (exact) mass is 256 g/mol. The van der Waals surface area contributed by atoms with Crippen LogP contribution in [0.2, 0.25) is 0 Å². The molecule has 18 heavy (non-hydrogen) atoms. The van der Waals surface area contributed by atoms with Gasteiger partial charge in [0.05, 0.1) is 40.3 Å². The minimum Gasteiger partial charge on any atom is -0.270 e. The SMILES string of the molecule is CCCCCCN(CC)C(N(CC)CC)=[N+](C)C. The first-order chi connectivity index (χ1) is 8.62. The molecule has 0 aromatic carbocycles. The van der Waals surface area contributed by atoms with Crippen molar-refractivity contribution >= 4 is 5.96 Å². The van der Waals surface area contributed by atoms with E-state index in [0.717, 1.165) is 19.6 Å². The lowest BCUT2D eigenvalue weighted by atomic mass is 10.2. The summed E-state index contributed by atoms with van der Waals surface area (Å²) < 4.78 is 2.26. The number of guanidine groups is 1. The van der Waals surface area contributed by atoms with Gasteiger partial charge in [0.1, 0.15) is 0 Å². The molecular weight excluding hydrogens is 222 g/mol. The largest absolute Gasteiger partial charge is 0.349 e. The van der Waals surface area contributed by atoms with Crippen molar-refractivity contribution in [2.24, 2.45) is 0 Å². The van der Waals surface area contributed by atoms with E-state index in [0.29, 0.717) is 0 Å². The van der Waals surface area contributed by atoms with Crippen molar-refractivity contribution in [2.45, 2.75) is 53.4 Å². The van der Waals surface area contributed by atoms with Crippen LogP contribution in [0.15, 0.2) is 0 Å². The molecule has 0 aliphatic rings. The van der Waals surface area contributed by atoms with Gasteiger partial charge in [0, 0.05) is 0 Å². The fraction of sp³-hybridized carbons (Fsp3) is 0.933. The predicted octanol–water partition coefficient (Wildman–Crippen LogP) is 2.86. The third-order valence-electron chi connectivity index (χ3n) is 3.39. The lowest BCUT2D eigenvalue weighted by Gasteiger charge is -2.27. The highest BCUT2D eigenvalue weighted by molar-refractivity contribution is 5.75. The average molecular weight is 256 g/mol. The zero-order chi connectivity index (χ0) is 14.0. The van der Waals surface area contributed by atoms with Crippen LogP contribution in [-0.2, 0) is 0 Å². The maximum Gasteiger partial charge on any atom is 0.349 e. The van der Waals surface area contributed by atoms with Crippen molar-refractivity contribution in [1.29, 1.82) is 0 Å². The van der Waals surface area contributed by atoms with Crippen LogP contribution < -0.4 is 0 Å². The molecule has 0 saturated carbocycles. The summed E-state index contributed by atoms with van der Waals surface area (Å²) in [5.41, 5.74) is 0. The molecular formula is C15H34N3+. The number of nitrogens with zero attached hydrogens (tertiary/aromatic N) is 3. The first kappa shape index (κ1) is 17.3. The van der Waals surface area contributed by atoms with Gasteiger partial charge in [0.15, 0.2) is 0 Å². The van der Waals surface area contributed by atoms with E-state index in [1.54, 1.807) is 0 Å². The topological polar surface area (TPSA) is 9.49 Å². The third-order valence-corrected chi connectivity index (χ3v) is 3.39. The minimum absolute atomic E-state index is 1.08. The highest BCUT2D eigenvalue weighted by Crippen LogP contribution is 2.04. The molecule has 0 aromatic heterocycles. The smallest absolute Gasteiger partial charge is 0.270 e. The van der Waals surface area contributed by atoms with Crippen LogP contribution in [0.1, 0.15) is 53.4 Å². The molecule has 0 amide bonds. The van der Waals surface area contributed by atoms with E-state index in [9.17, 15) is 0 Å². The minimum atomic E-state index is 1.08. The highest BCUT2D eigenvalue weighted by atomic mass is 15.4. The molecule has 0 heterocycles. The van der Waals surface area contributed by atoms with Gasteiger partial charge in [-0.3, -0.25) is 14.4 Å². The van der Waals surface area contributed by atoms with Gasteiger partial charge >= 0.3 is 5.96 Å². The maximum absolute atomic E-state index is 2.52. The van der Waals surface area contributed by atoms with E-state index < -0.39 is 0 Å². The van der Waals surface area contributed by atoms with Gasteiger partial charge in [0.25, 0.3) is 0 Å². The number of hydrogen-bond donors (Lipinski definition) is 0. The molecule has 108 valence electrons. The average Bonchev–Trinajstić information content (AvgIpc) is 2.37. The fourth-order valence-corrected chi connectivity index (χ4v) is 2.40. The van der Waals surface area contributed by atoms with Gasteiger partial charge in [-0.05, 0) is 27.2 Å². The van der Waals surface area contributed by atoms with Crippen LogP contribution in [0, 0.1) is 0 Å². The zero-order valence-electron chi connectivity index (χ0n) is 13.5. The van der Waals surface area contributed by atoms with Gasteiger partial charge < -0.3 is 0 Å². The van der Waals surface area contributed by atoms with Crippen molar-refractivity contribution in [3.05, 3.63) is 0 Å². The molecule has 0 bridgehead atoms. The van der Waals surface area contributed by atoms with E-state index in [1.807, 2.05) is 0 Å². The molecule has 3 heteroatoms. The molecule has 0 saturated heterocycles. The number of rotatable bonds is 8. The summed E-state index contributed by atoms with van der Waals surface area (Å²) in [7, 11) is 4.31. The summed E-state index contributed by atoms with van der Waals surface area (Å²) in [6, 6.07) is 0.